The number of carbonyl (C=O) groups excluding carboxylic acids is 1. The van der Waals surface area contributed by atoms with Crippen LogP contribution < -0.4 is 23.7 Å². The van der Waals surface area contributed by atoms with E-state index in [1.165, 1.54) is 33.3 Å². The second-order valence-corrected chi connectivity index (χ2v) is 9.02. The lowest BCUT2D eigenvalue weighted by Crippen LogP contribution is -2.39. The van der Waals surface area contributed by atoms with Crippen molar-refractivity contribution in [3.8, 4) is 28.7 Å². The first-order valence-corrected chi connectivity index (χ1v) is 12.3. The molecule has 1 unspecified atom stereocenters. The summed E-state index contributed by atoms with van der Waals surface area (Å²) in [5.74, 6) is 1.46. The molecule has 0 saturated heterocycles. The number of benzene rings is 2. The van der Waals surface area contributed by atoms with Crippen LogP contribution in [0.25, 0.3) is 12.2 Å². The van der Waals surface area contributed by atoms with Crippen LogP contribution in [0, 0.1) is 10.1 Å². The molecule has 202 valence electrons. The molecule has 2 aromatic carbocycles. The molecule has 3 rings (SSSR count). The standard InChI is InChI=1S/C27H29NO9S/c1-7-36-26(29)27(2,23-12-13-24(38-23)28(30)31)37-20-14-17(10-11-19(20)32-3)8-9-18-15-21(33-4)25(35-6)22(16-18)34-5/h8-16H,7H2,1-6H3. The van der Waals surface area contributed by atoms with Gasteiger partial charge < -0.3 is 28.4 Å². The molecule has 0 aliphatic heterocycles. The lowest BCUT2D eigenvalue weighted by atomic mass is 10.0. The molecule has 1 heterocycles. The van der Waals surface area contributed by atoms with Crippen LogP contribution in [-0.2, 0) is 15.1 Å². The third kappa shape index (κ3) is 6.00. The normalized spacial score (nSPS) is 12.5. The fraction of sp³-hybridized carbons (Fsp3) is 0.296. The van der Waals surface area contributed by atoms with Crippen LogP contribution in [0.4, 0.5) is 5.00 Å². The lowest BCUT2D eigenvalue weighted by Gasteiger charge is -2.28. The van der Waals surface area contributed by atoms with Gasteiger partial charge in [-0.25, -0.2) is 4.79 Å². The summed E-state index contributed by atoms with van der Waals surface area (Å²) in [7, 11) is 6.10. The molecule has 3 aromatic rings. The Morgan fingerprint density at radius 3 is 2.03 bits per heavy atom. The molecule has 1 aromatic heterocycles. The highest BCUT2D eigenvalue weighted by molar-refractivity contribution is 7.15. The van der Waals surface area contributed by atoms with Crippen LogP contribution in [-0.4, -0.2) is 45.9 Å². The average Bonchev–Trinajstić information content (AvgIpc) is 3.43. The first-order valence-electron chi connectivity index (χ1n) is 11.5. The molecule has 0 saturated carbocycles. The van der Waals surface area contributed by atoms with E-state index in [2.05, 4.69) is 0 Å². The number of thiophene rings is 1. The van der Waals surface area contributed by atoms with Gasteiger partial charge in [-0.05, 0) is 55.3 Å². The van der Waals surface area contributed by atoms with E-state index in [4.69, 9.17) is 28.4 Å². The predicted octanol–water partition coefficient (Wildman–Crippen LogP) is 5.72. The molecule has 0 spiro atoms. The Morgan fingerprint density at radius 1 is 0.895 bits per heavy atom. The zero-order valence-electron chi connectivity index (χ0n) is 21.9. The maximum Gasteiger partial charge on any atom is 0.355 e. The molecule has 0 fully saturated rings. The predicted molar refractivity (Wildman–Crippen MR) is 144 cm³/mol. The monoisotopic (exact) mass is 543 g/mol. The van der Waals surface area contributed by atoms with Gasteiger partial charge in [0, 0.05) is 6.07 Å². The van der Waals surface area contributed by atoms with E-state index in [1.807, 2.05) is 18.2 Å². The molecule has 11 heteroatoms. The summed E-state index contributed by atoms with van der Waals surface area (Å²) < 4.78 is 33.1. The van der Waals surface area contributed by atoms with Gasteiger partial charge in [-0.15, -0.1) is 0 Å². The third-order valence-corrected chi connectivity index (χ3v) is 6.80. The second kappa shape index (κ2) is 12.3. The van der Waals surface area contributed by atoms with E-state index < -0.39 is 16.5 Å². The lowest BCUT2D eigenvalue weighted by molar-refractivity contribution is -0.380. The minimum absolute atomic E-state index is 0.111. The van der Waals surface area contributed by atoms with E-state index in [9.17, 15) is 14.9 Å². The highest BCUT2D eigenvalue weighted by Gasteiger charge is 2.42. The number of esters is 1. The van der Waals surface area contributed by atoms with Crippen molar-refractivity contribution in [2.24, 2.45) is 0 Å². The summed E-state index contributed by atoms with van der Waals surface area (Å²) in [6.45, 7) is 3.29. The van der Waals surface area contributed by atoms with Crippen molar-refractivity contribution in [2.75, 3.05) is 35.0 Å². The van der Waals surface area contributed by atoms with Crippen LogP contribution in [0.2, 0.25) is 0 Å². The first kappa shape index (κ1) is 28.3. The van der Waals surface area contributed by atoms with Crippen molar-refractivity contribution >= 4 is 34.5 Å². The fourth-order valence-corrected chi connectivity index (χ4v) is 4.52. The van der Waals surface area contributed by atoms with Gasteiger partial charge in [0.05, 0.1) is 44.8 Å². The topological polar surface area (TPSA) is 116 Å². The quantitative estimate of drug-likeness (QED) is 0.122. The Hall–Kier alpha value is -4.25. The number of methoxy groups -OCH3 is 4. The van der Waals surface area contributed by atoms with Crippen LogP contribution in [0.15, 0.2) is 42.5 Å². The van der Waals surface area contributed by atoms with E-state index in [0.29, 0.717) is 27.9 Å². The van der Waals surface area contributed by atoms with Crippen molar-refractivity contribution in [1.29, 1.82) is 0 Å². The number of nitro groups is 1. The molecule has 0 amide bonds. The van der Waals surface area contributed by atoms with Crippen molar-refractivity contribution in [3.63, 3.8) is 0 Å². The maximum absolute atomic E-state index is 13.0. The van der Waals surface area contributed by atoms with E-state index in [1.54, 1.807) is 45.4 Å². The molecule has 38 heavy (non-hydrogen) atoms. The smallest absolute Gasteiger partial charge is 0.355 e. The van der Waals surface area contributed by atoms with Crippen molar-refractivity contribution < 1.29 is 38.1 Å². The van der Waals surface area contributed by atoms with Crippen LogP contribution in [0.1, 0.15) is 29.9 Å². The van der Waals surface area contributed by atoms with Gasteiger partial charge in [0.15, 0.2) is 23.0 Å². The molecule has 0 bridgehead atoms. The van der Waals surface area contributed by atoms with Gasteiger partial charge >= 0.3 is 11.0 Å². The highest BCUT2D eigenvalue weighted by atomic mass is 32.1. The highest BCUT2D eigenvalue weighted by Crippen LogP contribution is 2.41. The van der Waals surface area contributed by atoms with Crippen LogP contribution >= 0.6 is 11.3 Å². The summed E-state index contributed by atoms with van der Waals surface area (Å²) in [6.07, 6.45) is 3.69. The summed E-state index contributed by atoms with van der Waals surface area (Å²) >= 11 is 0.843. The van der Waals surface area contributed by atoms with Gasteiger partial charge in [-0.3, -0.25) is 10.1 Å². The maximum atomic E-state index is 13.0. The molecule has 0 aliphatic rings. The summed E-state index contributed by atoms with van der Waals surface area (Å²) in [5.41, 5.74) is -0.126. The molecule has 0 aliphatic carbocycles. The Kier molecular flexibility index (Phi) is 9.19. The largest absolute Gasteiger partial charge is 0.493 e. The van der Waals surface area contributed by atoms with Crippen molar-refractivity contribution in [1.82, 2.24) is 0 Å². The summed E-state index contributed by atoms with van der Waals surface area (Å²) in [5, 5.41) is 11.1. The van der Waals surface area contributed by atoms with Crippen LogP contribution in [0.5, 0.6) is 28.7 Å². The molecule has 0 N–H and O–H groups in total. The average molecular weight is 544 g/mol. The molecular weight excluding hydrogens is 514 g/mol. The zero-order valence-corrected chi connectivity index (χ0v) is 22.7. The Morgan fingerprint density at radius 2 is 1.50 bits per heavy atom. The number of rotatable bonds is 12. The molecular formula is C27H29NO9S. The van der Waals surface area contributed by atoms with Gasteiger partial charge in [0.1, 0.15) is 0 Å². The Bertz CT molecular complexity index is 1310. The van der Waals surface area contributed by atoms with E-state index in [-0.39, 0.29) is 17.4 Å². The second-order valence-electron chi connectivity index (χ2n) is 7.95. The van der Waals surface area contributed by atoms with Gasteiger partial charge in [0.25, 0.3) is 0 Å². The Labute approximate surface area is 224 Å². The number of ether oxygens (including phenoxy) is 6. The molecule has 0 radical (unpaired) electrons. The molecule has 1 atom stereocenters. The minimum atomic E-state index is -1.65. The van der Waals surface area contributed by atoms with E-state index in [0.717, 1.165) is 22.5 Å². The van der Waals surface area contributed by atoms with Gasteiger partial charge in [-0.1, -0.05) is 29.6 Å². The van der Waals surface area contributed by atoms with Crippen molar-refractivity contribution in [2.45, 2.75) is 19.4 Å². The van der Waals surface area contributed by atoms with E-state index >= 15 is 0 Å². The third-order valence-electron chi connectivity index (χ3n) is 5.56. The SMILES string of the molecule is CCOC(=O)C(C)(Oc1cc(C=Cc2cc(OC)c(OC)c(OC)c2)ccc1OC)c1ccc([N+](=O)[O-])s1. The minimum Gasteiger partial charge on any atom is -0.493 e. The summed E-state index contributed by atoms with van der Waals surface area (Å²) in [4.78, 5) is 24.1. The van der Waals surface area contributed by atoms with Gasteiger partial charge in [-0.2, -0.15) is 0 Å². The molecule has 10 nitrogen and oxygen atoms in total. The Balaban J connectivity index is 2.01. The first-order chi connectivity index (χ1) is 18.2. The number of hydrogen-bond acceptors (Lipinski definition) is 10. The van der Waals surface area contributed by atoms with Gasteiger partial charge in [0.2, 0.25) is 11.4 Å². The van der Waals surface area contributed by atoms with Crippen molar-refractivity contribution in [3.05, 3.63) is 68.6 Å². The zero-order chi connectivity index (χ0) is 27.9. The summed E-state index contributed by atoms with van der Waals surface area (Å²) in [6, 6.07) is 11.6. The van der Waals surface area contributed by atoms with Crippen LogP contribution in [0.3, 0.4) is 0 Å². The number of carbonyl (C=O) groups is 1. The number of nitrogens with zero attached hydrogens (tertiary/aromatic N) is 1. The fourth-order valence-electron chi connectivity index (χ4n) is 3.63. The number of hydrogen-bond donors (Lipinski definition) is 0.